The zero-order valence-corrected chi connectivity index (χ0v) is 20.1. The first-order chi connectivity index (χ1) is 16.4. The number of anilines is 1. The first-order valence-electron chi connectivity index (χ1n) is 10.7. The van der Waals surface area contributed by atoms with Crippen molar-refractivity contribution < 1.29 is 9.18 Å². The summed E-state index contributed by atoms with van der Waals surface area (Å²) in [6.45, 7) is 9.97. The van der Waals surface area contributed by atoms with Gasteiger partial charge in [0.05, 0.1) is 34.1 Å². The highest BCUT2D eigenvalue weighted by molar-refractivity contribution is 7.99. The van der Waals surface area contributed by atoms with E-state index in [4.69, 9.17) is 0 Å². The first-order valence-corrected chi connectivity index (χ1v) is 11.7. The summed E-state index contributed by atoms with van der Waals surface area (Å²) < 4.78 is 17.9. The monoisotopic (exact) mass is 476 g/mol. The number of hydrogen-bond donors (Lipinski definition) is 1. The van der Waals surface area contributed by atoms with Crippen LogP contribution in [-0.2, 0) is 11.3 Å². The molecule has 1 amide bonds. The lowest BCUT2D eigenvalue weighted by Gasteiger charge is -2.09. The summed E-state index contributed by atoms with van der Waals surface area (Å²) in [4.78, 5) is 12.8. The van der Waals surface area contributed by atoms with Crippen molar-refractivity contribution in [1.82, 2.24) is 24.5 Å². The number of aromatic nitrogens is 5. The number of amides is 1. The van der Waals surface area contributed by atoms with Gasteiger partial charge in [-0.1, -0.05) is 47.7 Å². The Labute approximate surface area is 201 Å². The normalized spacial score (nSPS) is 10.9. The van der Waals surface area contributed by atoms with Gasteiger partial charge in [0.2, 0.25) is 5.91 Å². The lowest BCUT2D eigenvalue weighted by molar-refractivity contribution is -0.113. The molecule has 34 heavy (non-hydrogen) atoms. The molecular formula is C25H25FN6OS. The van der Waals surface area contributed by atoms with E-state index in [9.17, 15) is 9.18 Å². The van der Waals surface area contributed by atoms with Crippen molar-refractivity contribution in [3.05, 3.63) is 84.0 Å². The van der Waals surface area contributed by atoms with Gasteiger partial charge in [-0.3, -0.25) is 9.36 Å². The molecule has 4 rings (SSSR count). The summed E-state index contributed by atoms with van der Waals surface area (Å²) in [5, 5.41) is 16.4. The molecule has 4 aromatic rings. The van der Waals surface area contributed by atoms with Crippen molar-refractivity contribution in [2.45, 2.75) is 32.5 Å². The van der Waals surface area contributed by atoms with Gasteiger partial charge < -0.3 is 5.32 Å². The highest BCUT2D eigenvalue weighted by Gasteiger charge is 2.19. The fourth-order valence-electron chi connectivity index (χ4n) is 3.60. The van der Waals surface area contributed by atoms with E-state index in [-0.39, 0.29) is 17.5 Å². The van der Waals surface area contributed by atoms with E-state index < -0.39 is 0 Å². The Bertz CT molecular complexity index is 1340. The maximum absolute atomic E-state index is 14.3. The Kier molecular flexibility index (Phi) is 6.93. The third kappa shape index (κ3) is 4.79. The van der Waals surface area contributed by atoms with Crippen LogP contribution in [0, 0.1) is 26.6 Å². The smallest absolute Gasteiger partial charge is 0.234 e. The van der Waals surface area contributed by atoms with Crippen LogP contribution in [0.3, 0.4) is 0 Å². The molecule has 0 atom stereocenters. The summed E-state index contributed by atoms with van der Waals surface area (Å²) in [5.74, 6) is -0.0699. The summed E-state index contributed by atoms with van der Waals surface area (Å²) >= 11 is 1.23. The second-order valence-corrected chi connectivity index (χ2v) is 8.76. The molecule has 0 unspecified atom stereocenters. The molecule has 7 nitrogen and oxygen atoms in total. The van der Waals surface area contributed by atoms with Crippen molar-refractivity contribution in [1.29, 1.82) is 0 Å². The SMILES string of the molecule is C=CCn1c(SCC(=O)Nc2c(C)nn(-c3ccc(C)cc3)c2C)nnc1-c1ccccc1F. The van der Waals surface area contributed by atoms with Crippen molar-refractivity contribution >= 4 is 23.4 Å². The van der Waals surface area contributed by atoms with Gasteiger partial charge in [0.15, 0.2) is 11.0 Å². The van der Waals surface area contributed by atoms with Crippen molar-refractivity contribution in [3.8, 4) is 17.1 Å². The van der Waals surface area contributed by atoms with Crippen LogP contribution in [-0.4, -0.2) is 36.2 Å². The lowest BCUT2D eigenvalue weighted by Crippen LogP contribution is -2.16. The maximum Gasteiger partial charge on any atom is 0.234 e. The summed E-state index contributed by atoms with van der Waals surface area (Å²) in [6, 6.07) is 14.4. The number of rotatable bonds is 8. The molecule has 2 aromatic carbocycles. The number of nitrogens with zero attached hydrogens (tertiary/aromatic N) is 5. The van der Waals surface area contributed by atoms with E-state index in [0.29, 0.717) is 28.8 Å². The van der Waals surface area contributed by atoms with E-state index in [1.165, 1.54) is 23.4 Å². The van der Waals surface area contributed by atoms with Crippen LogP contribution in [0.2, 0.25) is 0 Å². The van der Waals surface area contributed by atoms with Gasteiger partial charge >= 0.3 is 0 Å². The molecule has 2 heterocycles. The first kappa shape index (κ1) is 23.4. The molecular weight excluding hydrogens is 451 g/mol. The molecule has 1 N–H and O–H groups in total. The van der Waals surface area contributed by atoms with E-state index in [1.807, 2.05) is 49.7 Å². The molecule has 0 bridgehead atoms. The maximum atomic E-state index is 14.3. The summed E-state index contributed by atoms with van der Waals surface area (Å²) in [5.41, 5.74) is 4.70. The van der Waals surface area contributed by atoms with Crippen LogP contribution < -0.4 is 5.32 Å². The topological polar surface area (TPSA) is 77.6 Å². The largest absolute Gasteiger partial charge is 0.322 e. The van der Waals surface area contributed by atoms with Gasteiger partial charge in [-0.2, -0.15) is 5.10 Å². The molecule has 0 fully saturated rings. The van der Waals surface area contributed by atoms with Crippen molar-refractivity contribution in [2.24, 2.45) is 0 Å². The Morgan fingerprint density at radius 2 is 1.85 bits per heavy atom. The number of carbonyl (C=O) groups is 1. The molecule has 0 aliphatic heterocycles. The number of halogens is 1. The van der Waals surface area contributed by atoms with Gasteiger partial charge in [0.25, 0.3) is 0 Å². The highest BCUT2D eigenvalue weighted by Crippen LogP contribution is 2.27. The molecule has 0 aliphatic rings. The predicted molar refractivity (Wildman–Crippen MR) is 133 cm³/mol. The molecule has 174 valence electrons. The van der Waals surface area contributed by atoms with Crippen LogP contribution in [0.15, 0.2) is 66.3 Å². The second-order valence-electron chi connectivity index (χ2n) is 7.82. The van der Waals surface area contributed by atoms with E-state index in [2.05, 4.69) is 27.2 Å². The Hall–Kier alpha value is -3.72. The third-order valence-electron chi connectivity index (χ3n) is 5.31. The van der Waals surface area contributed by atoms with Crippen LogP contribution >= 0.6 is 11.8 Å². The Balaban J connectivity index is 1.49. The lowest BCUT2D eigenvalue weighted by atomic mass is 10.2. The van der Waals surface area contributed by atoms with Crippen molar-refractivity contribution in [3.63, 3.8) is 0 Å². The minimum Gasteiger partial charge on any atom is -0.322 e. The minimum absolute atomic E-state index is 0.112. The van der Waals surface area contributed by atoms with Crippen molar-refractivity contribution in [2.75, 3.05) is 11.1 Å². The number of hydrogen-bond acceptors (Lipinski definition) is 5. The molecule has 0 saturated heterocycles. The molecule has 2 aromatic heterocycles. The van der Waals surface area contributed by atoms with Crippen LogP contribution in [0.4, 0.5) is 10.1 Å². The van der Waals surface area contributed by atoms with Gasteiger partial charge in [0.1, 0.15) is 5.82 Å². The number of aryl methyl sites for hydroxylation is 2. The van der Waals surface area contributed by atoms with E-state index in [1.54, 1.807) is 28.8 Å². The quantitative estimate of drug-likeness (QED) is 0.282. The number of carbonyl (C=O) groups excluding carboxylic acids is 1. The third-order valence-corrected chi connectivity index (χ3v) is 6.28. The Morgan fingerprint density at radius 3 is 2.56 bits per heavy atom. The molecule has 9 heteroatoms. The average Bonchev–Trinajstić information content (AvgIpc) is 3.34. The van der Waals surface area contributed by atoms with Gasteiger partial charge in [-0.15, -0.1) is 16.8 Å². The zero-order chi connectivity index (χ0) is 24.2. The predicted octanol–water partition coefficient (Wildman–Crippen LogP) is 5.11. The van der Waals surface area contributed by atoms with Gasteiger partial charge in [-0.25, -0.2) is 9.07 Å². The standard InChI is InChI=1S/C25H25FN6OS/c1-5-14-31-24(20-8-6-7-9-21(20)26)28-29-25(31)34-15-22(33)27-23-17(3)30-32(18(23)4)19-12-10-16(2)11-13-19/h5-13H,1,14-15H2,2-4H3,(H,27,33). The summed E-state index contributed by atoms with van der Waals surface area (Å²) in [6.07, 6.45) is 1.68. The van der Waals surface area contributed by atoms with Crippen LogP contribution in [0.5, 0.6) is 0 Å². The summed E-state index contributed by atoms with van der Waals surface area (Å²) in [7, 11) is 0. The average molecular weight is 477 g/mol. The number of allylic oxidation sites excluding steroid dienone is 1. The van der Waals surface area contributed by atoms with E-state index >= 15 is 0 Å². The Morgan fingerprint density at radius 1 is 1.12 bits per heavy atom. The highest BCUT2D eigenvalue weighted by atomic mass is 32.2. The minimum atomic E-state index is -0.383. The van der Waals surface area contributed by atoms with Gasteiger partial charge in [0, 0.05) is 6.54 Å². The van der Waals surface area contributed by atoms with Crippen LogP contribution in [0.25, 0.3) is 17.1 Å². The number of benzene rings is 2. The molecule has 0 radical (unpaired) electrons. The van der Waals surface area contributed by atoms with E-state index in [0.717, 1.165) is 17.1 Å². The zero-order valence-electron chi connectivity index (χ0n) is 19.2. The fourth-order valence-corrected chi connectivity index (χ4v) is 4.35. The number of thioether (sulfide) groups is 1. The van der Waals surface area contributed by atoms with Crippen LogP contribution in [0.1, 0.15) is 17.0 Å². The number of nitrogens with one attached hydrogen (secondary N) is 1. The molecule has 0 aliphatic carbocycles. The second kappa shape index (κ2) is 10.0. The molecule has 0 saturated carbocycles. The van der Waals surface area contributed by atoms with Gasteiger partial charge in [-0.05, 0) is 45.0 Å². The molecule has 0 spiro atoms. The fraction of sp³-hybridized carbons (Fsp3) is 0.200.